The number of benzene rings is 1. The molecule has 2 aromatic rings. The number of hydrogen-bond acceptors (Lipinski definition) is 4. The van der Waals surface area contributed by atoms with Gasteiger partial charge in [-0.1, -0.05) is 12.1 Å². The summed E-state index contributed by atoms with van der Waals surface area (Å²) in [5, 5.41) is 11.4. The molecule has 3 rings (SSSR count). The van der Waals surface area contributed by atoms with Gasteiger partial charge in [0.25, 0.3) is 0 Å². The summed E-state index contributed by atoms with van der Waals surface area (Å²) in [5.74, 6) is 1.22. The fourth-order valence-corrected chi connectivity index (χ4v) is 3.36. The second-order valence-corrected chi connectivity index (χ2v) is 6.60. The number of anilines is 2. The third-order valence-corrected chi connectivity index (χ3v) is 4.69. The van der Waals surface area contributed by atoms with Gasteiger partial charge < -0.3 is 19.7 Å². The minimum atomic E-state index is -0.0541. The second kappa shape index (κ2) is 7.55. The number of nitrogens with zero attached hydrogens (tertiary/aromatic N) is 5. The Morgan fingerprint density at radius 1 is 1.36 bits per heavy atom. The van der Waals surface area contributed by atoms with Crippen LogP contribution in [-0.2, 0) is 6.54 Å². The average molecular weight is 342 g/mol. The lowest BCUT2D eigenvalue weighted by Crippen LogP contribution is -2.42. The highest BCUT2D eigenvalue weighted by atomic mass is 16.2. The lowest BCUT2D eigenvalue weighted by Gasteiger charge is -2.32. The number of carbonyl (C=O) groups is 1. The van der Waals surface area contributed by atoms with Crippen molar-refractivity contribution in [2.24, 2.45) is 0 Å². The highest BCUT2D eigenvalue weighted by Gasteiger charge is 2.28. The molecule has 25 heavy (non-hydrogen) atoms. The number of para-hydroxylation sites is 2. The summed E-state index contributed by atoms with van der Waals surface area (Å²) in [4.78, 5) is 16.6. The van der Waals surface area contributed by atoms with Gasteiger partial charge >= 0.3 is 6.03 Å². The van der Waals surface area contributed by atoms with Crippen molar-refractivity contribution in [3.8, 4) is 0 Å². The number of nitrogens with one attached hydrogen (secondary N) is 1. The third-order valence-electron chi connectivity index (χ3n) is 4.69. The molecule has 1 aromatic carbocycles. The molecule has 0 saturated carbocycles. The first kappa shape index (κ1) is 17.3. The van der Waals surface area contributed by atoms with Crippen LogP contribution < -0.4 is 10.2 Å². The first-order chi connectivity index (χ1) is 12.1. The number of hydrogen-bond donors (Lipinski definition) is 1. The van der Waals surface area contributed by atoms with Gasteiger partial charge in [-0.25, -0.2) is 4.79 Å². The fourth-order valence-electron chi connectivity index (χ4n) is 3.36. The number of urea groups is 1. The van der Waals surface area contributed by atoms with Crippen LogP contribution in [0.3, 0.4) is 0 Å². The summed E-state index contributed by atoms with van der Waals surface area (Å²) >= 11 is 0. The standard InChI is InChI=1S/C18H26N6O/c1-4-23-13-19-21-17(23)14-8-7-11-24(12-14)18(25)20-15-9-5-6-10-16(15)22(2)3/h5-6,9-10,13-14H,4,7-8,11-12H2,1-3H3,(H,20,25)/t14-/m0/s1. The van der Waals surface area contributed by atoms with Crippen molar-refractivity contribution >= 4 is 17.4 Å². The van der Waals surface area contributed by atoms with E-state index in [2.05, 4.69) is 27.0 Å². The largest absolute Gasteiger partial charge is 0.376 e. The van der Waals surface area contributed by atoms with Gasteiger partial charge in [0.15, 0.2) is 0 Å². The SMILES string of the molecule is CCn1cnnc1[C@H]1CCCN(C(=O)Nc2ccccc2N(C)C)C1. The molecule has 2 amide bonds. The zero-order valence-corrected chi connectivity index (χ0v) is 15.1. The van der Waals surface area contributed by atoms with Crippen LogP contribution in [-0.4, -0.2) is 52.9 Å². The Morgan fingerprint density at radius 3 is 2.92 bits per heavy atom. The Balaban J connectivity index is 1.71. The molecule has 1 N–H and O–H groups in total. The summed E-state index contributed by atoms with van der Waals surface area (Å²) in [5.41, 5.74) is 1.83. The number of aryl methyl sites for hydroxylation is 1. The molecule has 1 aliphatic rings. The summed E-state index contributed by atoms with van der Waals surface area (Å²) in [6.45, 7) is 4.38. The van der Waals surface area contributed by atoms with E-state index in [1.807, 2.05) is 48.2 Å². The van der Waals surface area contributed by atoms with Gasteiger partial charge in [-0.2, -0.15) is 0 Å². The van der Waals surface area contributed by atoms with Crippen LogP contribution in [0.15, 0.2) is 30.6 Å². The summed E-state index contributed by atoms with van der Waals surface area (Å²) < 4.78 is 2.06. The van der Waals surface area contributed by atoms with E-state index >= 15 is 0 Å². The predicted octanol–water partition coefficient (Wildman–Crippen LogP) is 2.78. The molecule has 134 valence electrons. The van der Waals surface area contributed by atoms with Gasteiger partial charge in [0.1, 0.15) is 12.2 Å². The maximum Gasteiger partial charge on any atom is 0.321 e. The monoisotopic (exact) mass is 342 g/mol. The molecule has 0 aliphatic carbocycles. The number of carbonyl (C=O) groups excluding carboxylic acids is 1. The number of likely N-dealkylation sites (tertiary alicyclic amines) is 1. The van der Waals surface area contributed by atoms with Crippen LogP contribution in [0, 0.1) is 0 Å². The highest BCUT2D eigenvalue weighted by Crippen LogP contribution is 2.27. The molecule has 1 aliphatic heterocycles. The fraction of sp³-hybridized carbons (Fsp3) is 0.500. The summed E-state index contributed by atoms with van der Waals surface area (Å²) in [6.07, 6.45) is 3.78. The van der Waals surface area contributed by atoms with Crippen LogP contribution in [0.5, 0.6) is 0 Å². The molecule has 1 aromatic heterocycles. The molecule has 2 heterocycles. The van der Waals surface area contributed by atoms with Crippen molar-refractivity contribution in [2.45, 2.75) is 32.2 Å². The van der Waals surface area contributed by atoms with E-state index in [0.29, 0.717) is 6.54 Å². The number of aromatic nitrogens is 3. The van der Waals surface area contributed by atoms with Crippen LogP contribution in [0.4, 0.5) is 16.2 Å². The van der Waals surface area contributed by atoms with E-state index in [9.17, 15) is 4.79 Å². The molecule has 0 bridgehead atoms. The average Bonchev–Trinajstić information content (AvgIpc) is 3.11. The van der Waals surface area contributed by atoms with Crippen LogP contribution >= 0.6 is 0 Å². The van der Waals surface area contributed by atoms with Gasteiger partial charge in [0.2, 0.25) is 0 Å². The smallest absolute Gasteiger partial charge is 0.321 e. The molecule has 1 fully saturated rings. The number of amides is 2. The Morgan fingerprint density at radius 2 is 2.16 bits per heavy atom. The van der Waals surface area contributed by atoms with E-state index in [4.69, 9.17) is 0 Å². The first-order valence-corrected chi connectivity index (χ1v) is 8.80. The van der Waals surface area contributed by atoms with Crippen molar-refractivity contribution in [3.05, 3.63) is 36.4 Å². The maximum atomic E-state index is 12.8. The van der Waals surface area contributed by atoms with Crippen LogP contribution in [0.2, 0.25) is 0 Å². The van der Waals surface area contributed by atoms with E-state index in [0.717, 1.165) is 43.1 Å². The van der Waals surface area contributed by atoms with E-state index in [1.165, 1.54) is 0 Å². The van der Waals surface area contributed by atoms with Gasteiger partial charge in [0.05, 0.1) is 11.4 Å². The molecule has 0 unspecified atom stereocenters. The first-order valence-electron chi connectivity index (χ1n) is 8.80. The van der Waals surface area contributed by atoms with Crippen molar-refractivity contribution in [1.82, 2.24) is 19.7 Å². The van der Waals surface area contributed by atoms with Gasteiger partial charge in [-0.3, -0.25) is 0 Å². The number of rotatable bonds is 4. The van der Waals surface area contributed by atoms with E-state index in [-0.39, 0.29) is 11.9 Å². The Kier molecular flexibility index (Phi) is 5.21. The van der Waals surface area contributed by atoms with Gasteiger partial charge in [-0.05, 0) is 31.9 Å². The van der Waals surface area contributed by atoms with Gasteiger partial charge in [-0.15, -0.1) is 10.2 Å². The molecule has 1 atom stereocenters. The second-order valence-electron chi connectivity index (χ2n) is 6.60. The molecule has 1 saturated heterocycles. The predicted molar refractivity (Wildman–Crippen MR) is 99.0 cm³/mol. The summed E-state index contributed by atoms with van der Waals surface area (Å²) in [7, 11) is 3.94. The quantitative estimate of drug-likeness (QED) is 0.928. The lowest BCUT2D eigenvalue weighted by atomic mass is 9.97. The minimum Gasteiger partial charge on any atom is -0.376 e. The zero-order valence-electron chi connectivity index (χ0n) is 15.1. The van der Waals surface area contributed by atoms with Crippen molar-refractivity contribution in [1.29, 1.82) is 0 Å². The minimum absolute atomic E-state index is 0.0541. The Bertz CT molecular complexity index is 726. The van der Waals surface area contributed by atoms with Crippen molar-refractivity contribution in [3.63, 3.8) is 0 Å². The molecule has 0 spiro atoms. The van der Waals surface area contributed by atoms with Crippen LogP contribution in [0.25, 0.3) is 0 Å². The molecular formula is C18H26N6O. The van der Waals surface area contributed by atoms with Gasteiger partial charge in [0, 0.05) is 39.6 Å². The molecule has 7 heteroatoms. The van der Waals surface area contributed by atoms with Crippen molar-refractivity contribution in [2.75, 3.05) is 37.4 Å². The Hall–Kier alpha value is -2.57. The van der Waals surface area contributed by atoms with Crippen molar-refractivity contribution < 1.29 is 4.79 Å². The lowest BCUT2D eigenvalue weighted by molar-refractivity contribution is 0.190. The van der Waals surface area contributed by atoms with E-state index in [1.54, 1.807) is 6.33 Å². The topological polar surface area (TPSA) is 66.3 Å². The van der Waals surface area contributed by atoms with E-state index < -0.39 is 0 Å². The van der Waals surface area contributed by atoms with Crippen LogP contribution in [0.1, 0.15) is 31.5 Å². The Labute approximate surface area is 148 Å². The highest BCUT2D eigenvalue weighted by molar-refractivity contribution is 5.93. The molecular weight excluding hydrogens is 316 g/mol. The molecule has 7 nitrogen and oxygen atoms in total. The maximum absolute atomic E-state index is 12.8. The normalized spacial score (nSPS) is 17.4. The molecule has 0 radical (unpaired) electrons. The summed E-state index contributed by atoms with van der Waals surface area (Å²) in [6, 6.07) is 7.78. The zero-order chi connectivity index (χ0) is 17.8. The third kappa shape index (κ3) is 3.75. The number of piperidine rings is 1.